The lowest BCUT2D eigenvalue weighted by Crippen LogP contribution is -2.45. The van der Waals surface area contributed by atoms with Gasteiger partial charge in [-0.15, -0.1) is 0 Å². The lowest BCUT2D eigenvalue weighted by molar-refractivity contribution is -0.143. The zero-order valence-electron chi connectivity index (χ0n) is 43.0. The molecule has 378 valence electrons. The fraction of sp³-hybridized carbons (Fsp3) is 0.897. The molecule has 0 saturated heterocycles. The molecule has 0 aliphatic heterocycles. The number of ether oxygens (including phenoxy) is 1. The Bertz CT molecular complexity index is 997. The number of hydrogen-bond acceptors (Lipinski definition) is 5. The summed E-state index contributed by atoms with van der Waals surface area (Å²) in [6.07, 6.45) is 64.9. The van der Waals surface area contributed by atoms with E-state index in [0.717, 1.165) is 77.0 Å². The zero-order chi connectivity index (χ0) is 46.5. The van der Waals surface area contributed by atoms with Crippen molar-refractivity contribution in [2.45, 2.75) is 321 Å². The lowest BCUT2D eigenvalue weighted by atomic mass is 10.0. The number of rotatable bonds is 53. The second-order valence-electron chi connectivity index (χ2n) is 19.6. The standard InChI is InChI=1S/C58H111NO5/c1-3-5-7-9-11-13-15-17-19-21-23-24-26-28-30-34-38-42-46-50-56(61)55(54-60)59-57(62)51-47-43-39-35-32-33-37-41-45-49-53-64-58(63)52-48-44-40-36-31-29-27-25-22-20-18-16-14-12-10-8-6-4-2/h33,37,46,50,55-56,60-61H,3-32,34-36,38-45,47-49,51-54H2,1-2H3,(H,59,62)/b37-33-,50-46+. The van der Waals surface area contributed by atoms with E-state index in [1.165, 1.54) is 205 Å². The smallest absolute Gasteiger partial charge is 0.305 e. The molecule has 0 rings (SSSR count). The number of nitrogens with one attached hydrogen (secondary N) is 1. The van der Waals surface area contributed by atoms with Gasteiger partial charge in [0.05, 0.1) is 25.4 Å². The second-order valence-corrected chi connectivity index (χ2v) is 19.6. The van der Waals surface area contributed by atoms with Crippen LogP contribution in [0.3, 0.4) is 0 Å². The Morgan fingerprint density at radius 1 is 0.422 bits per heavy atom. The van der Waals surface area contributed by atoms with Crippen molar-refractivity contribution >= 4 is 11.9 Å². The molecule has 64 heavy (non-hydrogen) atoms. The Morgan fingerprint density at radius 3 is 1.11 bits per heavy atom. The minimum atomic E-state index is -0.866. The van der Waals surface area contributed by atoms with Crippen LogP contribution in [0.15, 0.2) is 24.3 Å². The first-order valence-electron chi connectivity index (χ1n) is 28.6. The van der Waals surface area contributed by atoms with Gasteiger partial charge in [-0.3, -0.25) is 9.59 Å². The van der Waals surface area contributed by atoms with E-state index in [4.69, 9.17) is 4.74 Å². The number of unbranched alkanes of at least 4 members (excludes halogenated alkanes) is 40. The number of aliphatic hydroxyl groups excluding tert-OH is 2. The van der Waals surface area contributed by atoms with Gasteiger partial charge < -0.3 is 20.3 Å². The van der Waals surface area contributed by atoms with Gasteiger partial charge in [0.15, 0.2) is 0 Å². The third-order valence-electron chi connectivity index (χ3n) is 13.2. The first-order valence-corrected chi connectivity index (χ1v) is 28.6. The highest BCUT2D eigenvalue weighted by molar-refractivity contribution is 5.76. The molecule has 0 saturated carbocycles. The SMILES string of the molecule is CCCCCCCCCCCCCCCCCCC/C=C/C(O)C(CO)NC(=O)CCCCCC/C=C\CCCCOC(=O)CCCCCCCCCCCCCCCCCCCC. The lowest BCUT2D eigenvalue weighted by Gasteiger charge is -2.20. The Kier molecular flexibility index (Phi) is 52.6. The fourth-order valence-corrected chi connectivity index (χ4v) is 8.81. The second kappa shape index (κ2) is 54.0. The van der Waals surface area contributed by atoms with Crippen LogP contribution in [0.2, 0.25) is 0 Å². The molecule has 1 amide bonds. The largest absolute Gasteiger partial charge is 0.466 e. The number of hydrogen-bond donors (Lipinski definition) is 3. The topological polar surface area (TPSA) is 95.9 Å². The summed E-state index contributed by atoms with van der Waals surface area (Å²) in [5, 5.41) is 23.1. The van der Waals surface area contributed by atoms with Gasteiger partial charge in [-0.2, -0.15) is 0 Å². The molecule has 2 unspecified atom stereocenters. The van der Waals surface area contributed by atoms with Crippen LogP contribution in [0.25, 0.3) is 0 Å². The molecule has 0 bridgehead atoms. The summed E-state index contributed by atoms with van der Waals surface area (Å²) < 4.78 is 5.45. The van der Waals surface area contributed by atoms with Crippen molar-refractivity contribution < 1.29 is 24.5 Å². The van der Waals surface area contributed by atoms with Gasteiger partial charge in [0.25, 0.3) is 0 Å². The molecule has 0 radical (unpaired) electrons. The van der Waals surface area contributed by atoms with Gasteiger partial charge in [-0.25, -0.2) is 0 Å². The Labute approximate surface area is 399 Å². The number of aliphatic hydroxyl groups is 2. The molecular weight excluding hydrogens is 791 g/mol. The number of carbonyl (C=O) groups excluding carboxylic acids is 2. The van der Waals surface area contributed by atoms with Crippen LogP contribution in [0.4, 0.5) is 0 Å². The van der Waals surface area contributed by atoms with Gasteiger partial charge in [-0.05, 0) is 57.8 Å². The van der Waals surface area contributed by atoms with Crippen LogP contribution < -0.4 is 5.32 Å². The van der Waals surface area contributed by atoms with Crippen molar-refractivity contribution in [1.82, 2.24) is 5.32 Å². The molecule has 6 nitrogen and oxygen atoms in total. The summed E-state index contributed by atoms with van der Waals surface area (Å²) >= 11 is 0. The highest BCUT2D eigenvalue weighted by Gasteiger charge is 2.18. The van der Waals surface area contributed by atoms with E-state index in [2.05, 4.69) is 31.3 Å². The van der Waals surface area contributed by atoms with Gasteiger partial charge in [0, 0.05) is 12.8 Å². The number of esters is 1. The average molecular weight is 903 g/mol. The molecule has 0 heterocycles. The minimum absolute atomic E-state index is 0.0337. The maximum Gasteiger partial charge on any atom is 0.305 e. The van der Waals surface area contributed by atoms with E-state index in [-0.39, 0.29) is 18.5 Å². The Morgan fingerprint density at radius 2 is 0.734 bits per heavy atom. The van der Waals surface area contributed by atoms with Crippen LogP contribution in [0.1, 0.15) is 309 Å². The van der Waals surface area contributed by atoms with Crippen molar-refractivity contribution in [3.63, 3.8) is 0 Å². The van der Waals surface area contributed by atoms with Gasteiger partial charge in [0.2, 0.25) is 5.91 Å². The first kappa shape index (κ1) is 62.3. The molecule has 2 atom stereocenters. The Balaban J connectivity index is 3.53. The fourth-order valence-electron chi connectivity index (χ4n) is 8.81. The summed E-state index contributed by atoms with van der Waals surface area (Å²) in [6, 6.07) is -0.653. The monoisotopic (exact) mass is 902 g/mol. The molecule has 0 spiro atoms. The molecule has 0 aliphatic rings. The molecule has 0 fully saturated rings. The number of allylic oxidation sites excluding steroid dienone is 3. The molecule has 0 aromatic carbocycles. The maximum absolute atomic E-state index is 12.5. The van der Waals surface area contributed by atoms with E-state index in [9.17, 15) is 19.8 Å². The third kappa shape index (κ3) is 49.8. The van der Waals surface area contributed by atoms with E-state index in [0.29, 0.717) is 19.4 Å². The van der Waals surface area contributed by atoms with Crippen LogP contribution in [0.5, 0.6) is 0 Å². The summed E-state index contributed by atoms with van der Waals surface area (Å²) in [4.78, 5) is 24.5. The van der Waals surface area contributed by atoms with E-state index >= 15 is 0 Å². The van der Waals surface area contributed by atoms with Crippen molar-refractivity contribution in [3.05, 3.63) is 24.3 Å². The van der Waals surface area contributed by atoms with Crippen molar-refractivity contribution in [2.24, 2.45) is 0 Å². The molecular formula is C58H111NO5. The van der Waals surface area contributed by atoms with Crippen LogP contribution in [-0.2, 0) is 14.3 Å². The highest BCUT2D eigenvalue weighted by Crippen LogP contribution is 2.17. The van der Waals surface area contributed by atoms with Gasteiger partial charge in [0.1, 0.15) is 0 Å². The summed E-state index contributed by atoms with van der Waals surface area (Å²) in [7, 11) is 0. The van der Waals surface area contributed by atoms with Gasteiger partial charge >= 0.3 is 5.97 Å². The van der Waals surface area contributed by atoms with Crippen LogP contribution >= 0.6 is 0 Å². The molecule has 0 aliphatic carbocycles. The van der Waals surface area contributed by atoms with Crippen LogP contribution in [-0.4, -0.2) is 47.4 Å². The molecule has 3 N–H and O–H groups in total. The Hall–Kier alpha value is -1.66. The van der Waals surface area contributed by atoms with Gasteiger partial charge in [-0.1, -0.05) is 263 Å². The number of carbonyl (C=O) groups is 2. The van der Waals surface area contributed by atoms with Crippen LogP contribution in [0, 0.1) is 0 Å². The third-order valence-corrected chi connectivity index (χ3v) is 13.2. The summed E-state index contributed by atoms with van der Waals surface area (Å²) in [6.45, 7) is 4.84. The van der Waals surface area contributed by atoms with Crippen molar-refractivity contribution in [1.29, 1.82) is 0 Å². The van der Waals surface area contributed by atoms with E-state index < -0.39 is 12.1 Å². The van der Waals surface area contributed by atoms with Crippen molar-refractivity contribution in [3.8, 4) is 0 Å². The van der Waals surface area contributed by atoms with E-state index in [1.54, 1.807) is 6.08 Å². The molecule has 0 aromatic heterocycles. The summed E-state index contributed by atoms with van der Waals surface area (Å²) in [5.41, 5.74) is 0. The average Bonchev–Trinajstić information content (AvgIpc) is 3.29. The number of amides is 1. The highest BCUT2D eigenvalue weighted by atomic mass is 16.5. The predicted octanol–water partition coefficient (Wildman–Crippen LogP) is 17.5. The maximum atomic E-state index is 12.5. The quantitative estimate of drug-likeness (QED) is 0.0321. The molecule has 0 aromatic rings. The van der Waals surface area contributed by atoms with Crippen molar-refractivity contribution in [2.75, 3.05) is 13.2 Å². The minimum Gasteiger partial charge on any atom is -0.466 e. The first-order chi connectivity index (χ1) is 31.5. The normalized spacial score (nSPS) is 12.8. The van der Waals surface area contributed by atoms with E-state index in [1.807, 2.05) is 6.08 Å². The molecule has 6 heteroatoms. The summed E-state index contributed by atoms with van der Waals surface area (Å²) in [5.74, 6) is -0.135. The predicted molar refractivity (Wildman–Crippen MR) is 278 cm³/mol. The zero-order valence-corrected chi connectivity index (χ0v) is 43.0.